The number of allylic oxidation sites excluding steroid dienone is 5. The van der Waals surface area contributed by atoms with Crippen LogP contribution in [0.4, 0.5) is 0 Å². The number of carbonyl (C=O) groups excluding carboxylic acids is 1. The lowest BCUT2D eigenvalue weighted by atomic mass is 9.37. The SMILES string of the molecule is C=C(C)/C=C(\C)C12CCC(C(C)C)=C1C1CCC3C(C)(CCC4C(C)C(CC(=S)CC(C)(C)C(C)=O)CCC43C)C1CC2.CC.CC.CC. The van der Waals surface area contributed by atoms with Gasteiger partial charge in [-0.2, -0.15) is 0 Å². The molecule has 0 bridgehead atoms. The Balaban J connectivity index is 0.00000132. The zero-order valence-electron chi connectivity index (χ0n) is 35.6. The van der Waals surface area contributed by atoms with E-state index in [1.54, 1.807) is 12.5 Å². The Labute approximate surface area is 312 Å². The number of hydrogen-bond acceptors (Lipinski definition) is 2. The van der Waals surface area contributed by atoms with Gasteiger partial charge in [0.2, 0.25) is 0 Å². The Bertz CT molecular complexity index is 1210. The lowest BCUT2D eigenvalue weighted by Crippen LogP contribution is -2.60. The van der Waals surface area contributed by atoms with E-state index in [0.29, 0.717) is 28.1 Å². The van der Waals surface area contributed by atoms with Crippen molar-refractivity contribution in [2.45, 2.75) is 188 Å². The van der Waals surface area contributed by atoms with Crippen molar-refractivity contribution < 1.29 is 4.79 Å². The van der Waals surface area contributed by atoms with Crippen LogP contribution in [0.2, 0.25) is 0 Å². The fourth-order valence-corrected chi connectivity index (χ4v) is 13.0. The first-order valence-corrected chi connectivity index (χ1v) is 21.5. The third-order valence-corrected chi connectivity index (χ3v) is 15.2. The molecule has 0 aromatic heterocycles. The van der Waals surface area contributed by atoms with E-state index in [1.807, 2.05) is 52.7 Å². The molecular formula is C47H82OS. The van der Waals surface area contributed by atoms with Gasteiger partial charge in [-0.15, -0.1) is 0 Å². The van der Waals surface area contributed by atoms with Crippen molar-refractivity contribution in [2.24, 2.45) is 63.1 Å². The quantitative estimate of drug-likeness (QED) is 0.143. The van der Waals surface area contributed by atoms with Crippen LogP contribution in [0, 0.1) is 63.1 Å². The van der Waals surface area contributed by atoms with Crippen LogP contribution in [-0.4, -0.2) is 10.6 Å². The number of fused-ring (bicyclic) bond motifs is 7. The summed E-state index contributed by atoms with van der Waals surface area (Å²) in [5.41, 5.74) is 7.43. The minimum Gasteiger partial charge on any atom is -0.299 e. The van der Waals surface area contributed by atoms with E-state index in [-0.39, 0.29) is 11.2 Å². The van der Waals surface area contributed by atoms with Gasteiger partial charge in [-0.05, 0) is 155 Å². The molecule has 2 heteroatoms. The molecule has 0 aromatic rings. The highest BCUT2D eigenvalue weighted by atomic mass is 32.1. The van der Waals surface area contributed by atoms with Gasteiger partial charge in [-0.3, -0.25) is 4.79 Å². The highest BCUT2D eigenvalue weighted by Crippen LogP contribution is 2.73. The van der Waals surface area contributed by atoms with E-state index in [9.17, 15) is 4.79 Å². The molecule has 5 aliphatic rings. The first kappa shape index (κ1) is 44.1. The van der Waals surface area contributed by atoms with Gasteiger partial charge in [0, 0.05) is 10.8 Å². The Morgan fingerprint density at radius 2 is 1.43 bits per heavy atom. The van der Waals surface area contributed by atoms with Crippen LogP contribution in [0.5, 0.6) is 0 Å². The molecule has 5 rings (SSSR count). The largest absolute Gasteiger partial charge is 0.299 e. The molecule has 282 valence electrons. The number of thiocarbonyl (C=S) groups is 1. The van der Waals surface area contributed by atoms with Gasteiger partial charge in [0.05, 0.1) is 0 Å². The molecule has 9 atom stereocenters. The first-order chi connectivity index (χ1) is 23.0. The predicted octanol–water partition coefficient (Wildman–Crippen LogP) is 15.0. The van der Waals surface area contributed by atoms with Crippen LogP contribution in [-0.2, 0) is 4.79 Å². The minimum atomic E-state index is -0.324. The molecule has 0 saturated heterocycles. The van der Waals surface area contributed by atoms with Gasteiger partial charge in [0.25, 0.3) is 0 Å². The Morgan fingerprint density at radius 3 is 1.98 bits per heavy atom. The lowest BCUT2D eigenvalue weighted by Gasteiger charge is -2.67. The summed E-state index contributed by atoms with van der Waals surface area (Å²) in [6.07, 6.45) is 17.9. The number of rotatable bonds is 8. The summed E-state index contributed by atoms with van der Waals surface area (Å²) in [4.78, 5) is 13.3. The third kappa shape index (κ3) is 8.31. The summed E-state index contributed by atoms with van der Waals surface area (Å²) in [6.45, 7) is 39.8. The van der Waals surface area contributed by atoms with E-state index in [1.165, 1.54) is 69.8 Å². The molecule has 0 radical (unpaired) electrons. The van der Waals surface area contributed by atoms with E-state index in [4.69, 9.17) is 12.2 Å². The maximum absolute atomic E-state index is 12.2. The average molecular weight is 695 g/mol. The van der Waals surface area contributed by atoms with Gasteiger partial charge >= 0.3 is 0 Å². The van der Waals surface area contributed by atoms with E-state index in [0.717, 1.165) is 47.3 Å². The Morgan fingerprint density at radius 1 is 0.878 bits per heavy atom. The van der Waals surface area contributed by atoms with Gasteiger partial charge < -0.3 is 0 Å². The maximum Gasteiger partial charge on any atom is 0.135 e. The zero-order valence-corrected chi connectivity index (χ0v) is 36.4. The van der Waals surface area contributed by atoms with Crippen LogP contribution in [0.25, 0.3) is 0 Å². The van der Waals surface area contributed by atoms with Gasteiger partial charge in [0.1, 0.15) is 5.78 Å². The highest BCUT2D eigenvalue weighted by molar-refractivity contribution is 7.80. The second-order valence-corrected chi connectivity index (χ2v) is 18.5. The normalized spacial score (nSPS) is 36.6. The van der Waals surface area contributed by atoms with Crippen LogP contribution in [0.3, 0.4) is 0 Å². The molecule has 4 saturated carbocycles. The number of ketones is 1. The molecule has 0 N–H and O–H groups in total. The maximum atomic E-state index is 12.2. The van der Waals surface area contributed by atoms with Gasteiger partial charge in [-0.25, -0.2) is 0 Å². The van der Waals surface area contributed by atoms with Crippen molar-refractivity contribution in [2.75, 3.05) is 0 Å². The Hall–Kier alpha value is -1.02. The van der Waals surface area contributed by atoms with E-state index < -0.39 is 0 Å². The van der Waals surface area contributed by atoms with Crippen molar-refractivity contribution in [3.63, 3.8) is 0 Å². The summed E-state index contributed by atoms with van der Waals surface area (Å²) < 4.78 is 0. The molecule has 0 amide bonds. The topological polar surface area (TPSA) is 17.1 Å². The summed E-state index contributed by atoms with van der Waals surface area (Å²) in [7, 11) is 0. The number of Topliss-reactive ketones (excluding diaryl/α,β-unsaturated/α-hetero) is 1. The molecule has 4 fully saturated rings. The summed E-state index contributed by atoms with van der Waals surface area (Å²) in [6, 6.07) is 0. The summed E-state index contributed by atoms with van der Waals surface area (Å²) >= 11 is 5.95. The van der Waals surface area contributed by atoms with Gasteiger partial charge in [0.15, 0.2) is 0 Å². The fraction of sp³-hybridized carbons (Fsp3) is 0.830. The molecule has 0 heterocycles. The predicted molar refractivity (Wildman–Crippen MR) is 222 cm³/mol. The summed E-state index contributed by atoms with van der Waals surface area (Å²) in [5, 5.41) is 0. The van der Waals surface area contributed by atoms with E-state index in [2.05, 4.69) is 75.0 Å². The van der Waals surface area contributed by atoms with Crippen molar-refractivity contribution in [3.8, 4) is 0 Å². The molecular weight excluding hydrogens is 613 g/mol. The van der Waals surface area contributed by atoms with Crippen LogP contribution in [0.1, 0.15) is 188 Å². The number of carbonyl (C=O) groups is 1. The first-order valence-electron chi connectivity index (χ1n) is 21.1. The standard InChI is InChI=1S/C41H64OS.3C2H6/c1-25(2)22-27(5)41-20-15-32(26(3)4)37(41)33-12-13-36-39(10)18-14-30(23-31(43)24-38(8,9)29(7)42)28(6)34(39)16-19-40(36,11)35(33)17-21-41;3*1-2/h22,26,28,30,33-36H,1,12-21,23-24H2,2-11H3;3*1-2H3/b27-22+;;;. The van der Waals surface area contributed by atoms with Crippen molar-refractivity contribution in [3.05, 3.63) is 34.9 Å². The minimum absolute atomic E-state index is 0.261. The monoisotopic (exact) mass is 695 g/mol. The van der Waals surface area contributed by atoms with Gasteiger partial charge in [-0.1, -0.05) is 137 Å². The van der Waals surface area contributed by atoms with Crippen LogP contribution >= 0.6 is 12.2 Å². The second kappa shape index (κ2) is 17.7. The number of hydrogen-bond donors (Lipinski definition) is 0. The van der Waals surface area contributed by atoms with Crippen LogP contribution in [0.15, 0.2) is 34.9 Å². The molecule has 0 spiro atoms. The van der Waals surface area contributed by atoms with E-state index >= 15 is 0 Å². The highest BCUT2D eigenvalue weighted by Gasteiger charge is 2.64. The molecule has 49 heavy (non-hydrogen) atoms. The van der Waals surface area contributed by atoms with Crippen LogP contribution < -0.4 is 0 Å². The molecule has 0 aliphatic heterocycles. The Kier molecular flexibility index (Phi) is 15.9. The lowest BCUT2D eigenvalue weighted by molar-refractivity contribution is -0.168. The van der Waals surface area contributed by atoms with Crippen molar-refractivity contribution in [1.29, 1.82) is 0 Å². The molecule has 0 aromatic carbocycles. The fourth-order valence-electron chi connectivity index (χ4n) is 12.4. The average Bonchev–Trinajstić information content (AvgIpc) is 3.47. The molecule has 5 aliphatic carbocycles. The third-order valence-electron chi connectivity index (χ3n) is 14.9. The van der Waals surface area contributed by atoms with Crippen molar-refractivity contribution in [1.82, 2.24) is 0 Å². The smallest absolute Gasteiger partial charge is 0.135 e. The second-order valence-electron chi connectivity index (χ2n) is 17.9. The zero-order chi connectivity index (χ0) is 37.7. The molecule has 1 nitrogen and oxygen atoms in total. The summed E-state index contributed by atoms with van der Waals surface area (Å²) in [5.74, 6) is 5.60. The van der Waals surface area contributed by atoms with Crippen molar-refractivity contribution >= 4 is 22.9 Å². The molecule has 9 unspecified atom stereocenters.